The van der Waals surface area contributed by atoms with Gasteiger partial charge < -0.3 is 15.2 Å². The molecule has 0 spiro atoms. The lowest BCUT2D eigenvalue weighted by molar-refractivity contribution is -0.142. The Morgan fingerprint density at radius 3 is 2.14 bits per heavy atom. The van der Waals surface area contributed by atoms with Crippen LogP contribution in [0.3, 0.4) is 0 Å². The Bertz CT molecular complexity index is 1210. The molecule has 0 unspecified atom stereocenters. The van der Waals surface area contributed by atoms with E-state index in [1.54, 1.807) is 0 Å². The summed E-state index contributed by atoms with van der Waals surface area (Å²) in [5, 5.41) is 12.9. The molecule has 3 aromatic rings. The number of carboxylic acid groups (broad SMARTS) is 1. The minimum absolute atomic E-state index is 0.109. The van der Waals surface area contributed by atoms with Gasteiger partial charge >= 0.3 is 12.1 Å². The minimum Gasteiger partial charge on any atom is -0.480 e. The molecule has 0 saturated carbocycles. The molecule has 2 aliphatic rings. The molecule has 1 heterocycles. The monoisotopic (exact) mass is 470 g/mol. The number of carbonyl (C=O) groups excluding carboxylic acids is 2. The van der Waals surface area contributed by atoms with Crippen molar-refractivity contribution < 1.29 is 24.2 Å². The standard InChI is InChI=1S/C28H26N2O5/c31-26(23-15-8-16-30(23)28(34)35-17-18-9-2-1-3-10-18)29-25(27(32)33)24-21-13-6-4-11-19(21)20-12-5-7-14-22(20)24/h1-7,9-14,23-25H,8,15-17H2,(H,29,31)(H,32,33)/t23-,25-/m1/s1. The van der Waals surface area contributed by atoms with Crippen molar-refractivity contribution in [1.29, 1.82) is 0 Å². The van der Waals surface area contributed by atoms with Gasteiger partial charge in [-0.3, -0.25) is 9.69 Å². The third-order valence-electron chi connectivity index (χ3n) is 6.77. The van der Waals surface area contributed by atoms with Gasteiger partial charge in [0.1, 0.15) is 18.7 Å². The summed E-state index contributed by atoms with van der Waals surface area (Å²) in [5.74, 6) is -2.12. The van der Waals surface area contributed by atoms with Crippen molar-refractivity contribution in [2.75, 3.05) is 6.54 Å². The van der Waals surface area contributed by atoms with Crippen LogP contribution >= 0.6 is 0 Å². The van der Waals surface area contributed by atoms with Crippen LogP contribution in [0, 0.1) is 0 Å². The molecule has 35 heavy (non-hydrogen) atoms. The lowest BCUT2D eigenvalue weighted by Gasteiger charge is -2.27. The predicted octanol–water partition coefficient (Wildman–Crippen LogP) is 4.17. The van der Waals surface area contributed by atoms with E-state index in [4.69, 9.17) is 4.74 Å². The van der Waals surface area contributed by atoms with E-state index in [-0.39, 0.29) is 6.61 Å². The van der Waals surface area contributed by atoms with Crippen molar-refractivity contribution in [2.24, 2.45) is 0 Å². The first-order chi connectivity index (χ1) is 17.0. The summed E-state index contributed by atoms with van der Waals surface area (Å²) >= 11 is 0. The smallest absolute Gasteiger partial charge is 0.410 e. The number of benzene rings is 3. The highest BCUT2D eigenvalue weighted by Gasteiger charge is 2.42. The Morgan fingerprint density at radius 2 is 1.51 bits per heavy atom. The fourth-order valence-corrected chi connectivity index (χ4v) is 5.15. The van der Waals surface area contributed by atoms with Gasteiger partial charge in [-0.25, -0.2) is 9.59 Å². The fraction of sp³-hybridized carbons (Fsp3) is 0.250. The number of hydrogen-bond donors (Lipinski definition) is 2. The van der Waals surface area contributed by atoms with Crippen LogP contribution in [-0.4, -0.2) is 46.6 Å². The van der Waals surface area contributed by atoms with Gasteiger partial charge in [0.2, 0.25) is 5.91 Å². The summed E-state index contributed by atoms with van der Waals surface area (Å²) < 4.78 is 5.43. The number of amides is 2. The van der Waals surface area contributed by atoms with Crippen molar-refractivity contribution in [3.63, 3.8) is 0 Å². The molecule has 1 aliphatic heterocycles. The van der Waals surface area contributed by atoms with Crippen LogP contribution in [0.1, 0.15) is 35.4 Å². The molecule has 0 radical (unpaired) electrons. The molecule has 2 atom stereocenters. The molecule has 2 amide bonds. The van der Waals surface area contributed by atoms with Gasteiger partial charge in [0.25, 0.3) is 0 Å². The topological polar surface area (TPSA) is 95.9 Å². The van der Waals surface area contributed by atoms with Gasteiger partial charge in [0.15, 0.2) is 0 Å². The van der Waals surface area contributed by atoms with Crippen LogP contribution in [0.5, 0.6) is 0 Å². The SMILES string of the molecule is O=C(N[C@@H](C(=O)O)C1c2ccccc2-c2ccccc21)[C@H]1CCCN1C(=O)OCc1ccccc1. The third-order valence-corrected chi connectivity index (χ3v) is 6.77. The maximum absolute atomic E-state index is 13.3. The molecule has 1 fully saturated rings. The Labute approximate surface area is 203 Å². The number of aliphatic carboxylic acids is 1. The zero-order valence-electron chi connectivity index (χ0n) is 19.1. The van der Waals surface area contributed by atoms with Gasteiger partial charge in [-0.05, 0) is 40.7 Å². The van der Waals surface area contributed by atoms with E-state index in [9.17, 15) is 19.5 Å². The molecule has 5 rings (SSSR count). The van der Waals surface area contributed by atoms with E-state index in [0.717, 1.165) is 27.8 Å². The Kier molecular flexibility index (Phi) is 6.23. The van der Waals surface area contributed by atoms with Crippen molar-refractivity contribution in [3.8, 4) is 11.1 Å². The largest absolute Gasteiger partial charge is 0.480 e. The number of ether oxygens (including phenoxy) is 1. The molecular formula is C28H26N2O5. The Balaban J connectivity index is 1.34. The summed E-state index contributed by atoms with van der Waals surface area (Å²) in [6.07, 6.45) is 0.525. The summed E-state index contributed by atoms with van der Waals surface area (Å²) in [6, 6.07) is 22.7. The maximum Gasteiger partial charge on any atom is 0.410 e. The average molecular weight is 471 g/mol. The second-order valence-electron chi connectivity index (χ2n) is 8.87. The second-order valence-corrected chi connectivity index (χ2v) is 8.87. The van der Waals surface area contributed by atoms with Crippen LogP contribution in [-0.2, 0) is 20.9 Å². The molecule has 178 valence electrons. The van der Waals surface area contributed by atoms with Crippen LogP contribution in [0.25, 0.3) is 11.1 Å². The number of hydrogen-bond acceptors (Lipinski definition) is 4. The Hall–Kier alpha value is -4.13. The zero-order chi connectivity index (χ0) is 24.4. The van der Waals surface area contributed by atoms with Gasteiger partial charge in [-0.15, -0.1) is 0 Å². The summed E-state index contributed by atoms with van der Waals surface area (Å²) in [5.41, 5.74) is 4.53. The predicted molar refractivity (Wildman–Crippen MR) is 130 cm³/mol. The molecule has 7 heteroatoms. The van der Waals surface area contributed by atoms with Crippen molar-refractivity contribution in [3.05, 3.63) is 95.6 Å². The number of rotatable bonds is 6. The summed E-state index contributed by atoms with van der Waals surface area (Å²) in [4.78, 5) is 39.9. The van der Waals surface area contributed by atoms with E-state index < -0.39 is 36.0 Å². The second kappa shape index (κ2) is 9.62. The van der Waals surface area contributed by atoms with E-state index in [1.807, 2.05) is 78.9 Å². The van der Waals surface area contributed by atoms with E-state index in [1.165, 1.54) is 4.90 Å². The zero-order valence-corrected chi connectivity index (χ0v) is 19.1. The Morgan fingerprint density at radius 1 is 0.914 bits per heavy atom. The van der Waals surface area contributed by atoms with Crippen molar-refractivity contribution >= 4 is 18.0 Å². The number of nitrogens with one attached hydrogen (secondary N) is 1. The van der Waals surface area contributed by atoms with E-state index >= 15 is 0 Å². The number of carboxylic acids is 1. The normalized spacial score (nSPS) is 17.4. The van der Waals surface area contributed by atoms with Gasteiger partial charge in [-0.1, -0.05) is 78.9 Å². The first-order valence-corrected chi connectivity index (χ1v) is 11.7. The van der Waals surface area contributed by atoms with Gasteiger partial charge in [-0.2, -0.15) is 0 Å². The lowest BCUT2D eigenvalue weighted by Crippen LogP contribution is -2.52. The van der Waals surface area contributed by atoms with Crippen molar-refractivity contribution in [1.82, 2.24) is 10.2 Å². The highest BCUT2D eigenvalue weighted by Crippen LogP contribution is 2.46. The quantitative estimate of drug-likeness (QED) is 0.564. The molecule has 7 nitrogen and oxygen atoms in total. The van der Waals surface area contributed by atoms with Crippen LogP contribution in [0.2, 0.25) is 0 Å². The lowest BCUT2D eigenvalue weighted by atomic mass is 9.89. The van der Waals surface area contributed by atoms with E-state index in [2.05, 4.69) is 5.32 Å². The molecule has 2 N–H and O–H groups in total. The fourth-order valence-electron chi connectivity index (χ4n) is 5.15. The average Bonchev–Trinajstić information content (AvgIpc) is 3.50. The van der Waals surface area contributed by atoms with Crippen molar-refractivity contribution in [2.45, 2.75) is 37.5 Å². The number of fused-ring (bicyclic) bond motifs is 3. The highest BCUT2D eigenvalue weighted by molar-refractivity contribution is 5.92. The summed E-state index contributed by atoms with van der Waals surface area (Å²) in [6.45, 7) is 0.496. The van der Waals surface area contributed by atoms with Gasteiger partial charge in [0, 0.05) is 12.5 Å². The molecular weight excluding hydrogens is 444 g/mol. The molecule has 3 aromatic carbocycles. The minimum atomic E-state index is -1.17. The molecule has 1 saturated heterocycles. The molecule has 0 bridgehead atoms. The maximum atomic E-state index is 13.3. The first-order valence-electron chi connectivity index (χ1n) is 11.7. The number of carbonyl (C=O) groups is 3. The van der Waals surface area contributed by atoms with Crippen LogP contribution in [0.15, 0.2) is 78.9 Å². The van der Waals surface area contributed by atoms with Gasteiger partial charge in [0.05, 0.1) is 0 Å². The summed E-state index contributed by atoms with van der Waals surface area (Å²) in [7, 11) is 0. The third kappa shape index (κ3) is 4.37. The molecule has 0 aromatic heterocycles. The first kappa shape index (κ1) is 22.7. The number of nitrogens with zero attached hydrogens (tertiary/aromatic N) is 1. The van der Waals surface area contributed by atoms with Crippen LogP contribution in [0.4, 0.5) is 4.79 Å². The highest BCUT2D eigenvalue weighted by atomic mass is 16.6. The van der Waals surface area contributed by atoms with Crippen LogP contribution < -0.4 is 5.32 Å². The van der Waals surface area contributed by atoms with E-state index in [0.29, 0.717) is 19.4 Å². The molecule has 1 aliphatic carbocycles. The number of likely N-dealkylation sites (tertiary alicyclic amines) is 1.